The summed E-state index contributed by atoms with van der Waals surface area (Å²) in [5.74, 6) is 0.769. The zero-order valence-corrected chi connectivity index (χ0v) is 12.9. The summed E-state index contributed by atoms with van der Waals surface area (Å²) in [7, 11) is 0. The SMILES string of the molecule is O=C(NCC1CCCCC1CO)c1csc2ccccc12. The Kier molecular flexibility index (Phi) is 4.56. The summed E-state index contributed by atoms with van der Waals surface area (Å²) in [6.07, 6.45) is 4.59. The molecule has 1 aliphatic rings. The van der Waals surface area contributed by atoms with Crippen molar-refractivity contribution in [2.75, 3.05) is 13.2 Å². The number of nitrogens with one attached hydrogen (secondary N) is 1. The van der Waals surface area contributed by atoms with Crippen molar-refractivity contribution in [3.05, 3.63) is 35.2 Å². The van der Waals surface area contributed by atoms with Crippen molar-refractivity contribution in [2.45, 2.75) is 25.7 Å². The van der Waals surface area contributed by atoms with Gasteiger partial charge in [0.1, 0.15) is 0 Å². The highest BCUT2D eigenvalue weighted by Gasteiger charge is 2.25. The first-order valence-electron chi connectivity index (χ1n) is 7.65. The van der Waals surface area contributed by atoms with Gasteiger partial charge in [0.25, 0.3) is 5.91 Å². The second kappa shape index (κ2) is 6.58. The number of hydrogen-bond acceptors (Lipinski definition) is 3. The highest BCUT2D eigenvalue weighted by Crippen LogP contribution is 2.29. The summed E-state index contributed by atoms with van der Waals surface area (Å²) in [6.45, 7) is 0.913. The first kappa shape index (κ1) is 14.5. The normalized spacial score (nSPS) is 22.3. The number of thiophene rings is 1. The number of fused-ring (bicyclic) bond motifs is 1. The number of benzene rings is 1. The van der Waals surface area contributed by atoms with Gasteiger partial charge in [-0.2, -0.15) is 0 Å². The molecule has 21 heavy (non-hydrogen) atoms. The van der Waals surface area contributed by atoms with Gasteiger partial charge in [-0.1, -0.05) is 31.0 Å². The monoisotopic (exact) mass is 303 g/mol. The molecule has 112 valence electrons. The third kappa shape index (κ3) is 3.11. The van der Waals surface area contributed by atoms with Crippen molar-refractivity contribution in [1.29, 1.82) is 0 Å². The van der Waals surface area contributed by atoms with Gasteiger partial charge < -0.3 is 10.4 Å². The van der Waals surface area contributed by atoms with Crippen molar-refractivity contribution in [1.82, 2.24) is 5.32 Å². The molecule has 0 saturated heterocycles. The van der Waals surface area contributed by atoms with Crippen LogP contribution in [0.15, 0.2) is 29.6 Å². The molecule has 3 rings (SSSR count). The van der Waals surface area contributed by atoms with Crippen LogP contribution in [0.5, 0.6) is 0 Å². The molecule has 2 N–H and O–H groups in total. The van der Waals surface area contributed by atoms with E-state index in [0.29, 0.717) is 18.4 Å². The molecule has 1 heterocycles. The predicted octanol–water partition coefficient (Wildman–Crippen LogP) is 3.43. The van der Waals surface area contributed by atoms with Crippen LogP contribution in [0.3, 0.4) is 0 Å². The molecule has 1 aromatic carbocycles. The molecule has 1 saturated carbocycles. The van der Waals surface area contributed by atoms with Gasteiger partial charge in [-0.3, -0.25) is 4.79 Å². The summed E-state index contributed by atoms with van der Waals surface area (Å²) in [5, 5.41) is 15.5. The van der Waals surface area contributed by atoms with Gasteiger partial charge in [0.05, 0.1) is 5.56 Å². The number of rotatable bonds is 4. The second-order valence-corrected chi connectivity index (χ2v) is 6.75. The standard InChI is InChI=1S/C17H21NO2S/c19-10-13-6-2-1-5-12(13)9-18-17(20)15-11-21-16-8-4-3-7-14(15)16/h3-4,7-8,11-13,19H,1-2,5-6,9-10H2,(H,18,20). The quantitative estimate of drug-likeness (QED) is 0.909. The van der Waals surface area contributed by atoms with Crippen LogP contribution in [0.25, 0.3) is 10.1 Å². The van der Waals surface area contributed by atoms with Crippen LogP contribution in [0.2, 0.25) is 0 Å². The molecule has 1 amide bonds. The number of aliphatic hydroxyl groups is 1. The van der Waals surface area contributed by atoms with Crippen molar-refractivity contribution in [2.24, 2.45) is 11.8 Å². The molecule has 2 atom stereocenters. The van der Waals surface area contributed by atoms with E-state index in [1.165, 1.54) is 12.8 Å². The molecule has 0 aliphatic heterocycles. The zero-order chi connectivity index (χ0) is 14.7. The summed E-state index contributed by atoms with van der Waals surface area (Å²) in [5.41, 5.74) is 0.770. The maximum Gasteiger partial charge on any atom is 0.252 e. The minimum absolute atomic E-state index is 0.00899. The van der Waals surface area contributed by atoms with Gasteiger partial charge in [-0.25, -0.2) is 0 Å². The fourth-order valence-corrected chi connectivity index (χ4v) is 4.21. The Morgan fingerprint density at radius 2 is 2.00 bits per heavy atom. The number of hydrogen-bond donors (Lipinski definition) is 2. The number of carbonyl (C=O) groups is 1. The number of aliphatic hydroxyl groups excluding tert-OH is 1. The van der Waals surface area contributed by atoms with Crippen molar-refractivity contribution < 1.29 is 9.90 Å². The van der Waals surface area contributed by atoms with E-state index in [2.05, 4.69) is 5.32 Å². The molecule has 0 bridgehead atoms. The van der Waals surface area contributed by atoms with Crippen LogP contribution in [0.1, 0.15) is 36.0 Å². The molecule has 3 nitrogen and oxygen atoms in total. The van der Waals surface area contributed by atoms with E-state index in [0.717, 1.165) is 28.5 Å². The average molecular weight is 303 g/mol. The summed E-state index contributed by atoms with van der Waals surface area (Å²) < 4.78 is 1.15. The average Bonchev–Trinajstić information content (AvgIpc) is 2.97. The van der Waals surface area contributed by atoms with E-state index >= 15 is 0 Å². The Labute approximate surface area is 129 Å². The maximum atomic E-state index is 12.4. The Morgan fingerprint density at radius 1 is 1.24 bits per heavy atom. The number of carbonyl (C=O) groups excluding carboxylic acids is 1. The van der Waals surface area contributed by atoms with Crippen LogP contribution in [0.4, 0.5) is 0 Å². The van der Waals surface area contributed by atoms with Crippen LogP contribution < -0.4 is 5.32 Å². The second-order valence-electron chi connectivity index (χ2n) is 5.84. The molecule has 1 fully saturated rings. The Balaban J connectivity index is 1.66. The number of amides is 1. The lowest BCUT2D eigenvalue weighted by atomic mass is 9.79. The van der Waals surface area contributed by atoms with Gasteiger partial charge in [-0.15, -0.1) is 11.3 Å². The van der Waals surface area contributed by atoms with Crippen molar-refractivity contribution in [3.8, 4) is 0 Å². The molecule has 2 aromatic rings. The molecule has 4 heteroatoms. The predicted molar refractivity (Wildman–Crippen MR) is 86.7 cm³/mol. The topological polar surface area (TPSA) is 49.3 Å². The van der Waals surface area contributed by atoms with Crippen LogP contribution in [0, 0.1) is 11.8 Å². The van der Waals surface area contributed by atoms with E-state index in [4.69, 9.17) is 0 Å². The lowest BCUT2D eigenvalue weighted by Gasteiger charge is -2.30. The van der Waals surface area contributed by atoms with Gasteiger partial charge >= 0.3 is 0 Å². The Hall–Kier alpha value is -1.39. The van der Waals surface area contributed by atoms with E-state index in [1.54, 1.807) is 11.3 Å². The van der Waals surface area contributed by atoms with E-state index < -0.39 is 0 Å². The van der Waals surface area contributed by atoms with Crippen LogP contribution in [-0.2, 0) is 0 Å². The van der Waals surface area contributed by atoms with Gasteiger partial charge in [0.15, 0.2) is 0 Å². The molecule has 2 unspecified atom stereocenters. The molecule has 0 spiro atoms. The smallest absolute Gasteiger partial charge is 0.252 e. The summed E-state index contributed by atoms with van der Waals surface area (Å²) in [4.78, 5) is 12.4. The molecule has 0 radical (unpaired) electrons. The first-order valence-corrected chi connectivity index (χ1v) is 8.53. The minimum Gasteiger partial charge on any atom is -0.396 e. The fraction of sp³-hybridized carbons (Fsp3) is 0.471. The summed E-state index contributed by atoms with van der Waals surface area (Å²) in [6, 6.07) is 8.00. The van der Waals surface area contributed by atoms with Gasteiger partial charge in [0.2, 0.25) is 0 Å². The summed E-state index contributed by atoms with van der Waals surface area (Å²) >= 11 is 1.61. The lowest BCUT2D eigenvalue weighted by Crippen LogP contribution is -2.35. The third-order valence-corrected chi connectivity index (χ3v) is 5.51. The highest BCUT2D eigenvalue weighted by molar-refractivity contribution is 7.17. The minimum atomic E-state index is 0.00899. The largest absolute Gasteiger partial charge is 0.396 e. The van der Waals surface area contributed by atoms with E-state index in [1.807, 2.05) is 29.6 Å². The molecule has 1 aromatic heterocycles. The Bertz CT molecular complexity index is 622. The molecular weight excluding hydrogens is 282 g/mol. The fourth-order valence-electron chi connectivity index (χ4n) is 3.27. The molecule has 1 aliphatic carbocycles. The van der Waals surface area contributed by atoms with Crippen molar-refractivity contribution in [3.63, 3.8) is 0 Å². The van der Waals surface area contributed by atoms with E-state index in [9.17, 15) is 9.90 Å². The first-order chi connectivity index (χ1) is 10.3. The van der Waals surface area contributed by atoms with E-state index in [-0.39, 0.29) is 12.5 Å². The van der Waals surface area contributed by atoms with Crippen LogP contribution >= 0.6 is 11.3 Å². The lowest BCUT2D eigenvalue weighted by molar-refractivity contribution is 0.0911. The third-order valence-electron chi connectivity index (χ3n) is 4.55. The highest BCUT2D eigenvalue weighted by atomic mass is 32.1. The van der Waals surface area contributed by atoms with Gasteiger partial charge in [0, 0.05) is 28.6 Å². The van der Waals surface area contributed by atoms with Crippen LogP contribution in [-0.4, -0.2) is 24.2 Å². The van der Waals surface area contributed by atoms with Gasteiger partial charge in [-0.05, 0) is 30.7 Å². The molecular formula is C17H21NO2S. The maximum absolute atomic E-state index is 12.4. The Morgan fingerprint density at radius 3 is 2.81 bits per heavy atom. The zero-order valence-electron chi connectivity index (χ0n) is 12.0. The van der Waals surface area contributed by atoms with Crippen molar-refractivity contribution >= 4 is 27.3 Å².